The van der Waals surface area contributed by atoms with Crippen molar-refractivity contribution in [2.45, 2.75) is 46.1 Å². The molecule has 74 valence electrons. The molecule has 0 saturated carbocycles. The van der Waals surface area contributed by atoms with Crippen molar-refractivity contribution >= 4 is 0 Å². The van der Waals surface area contributed by atoms with Gasteiger partial charge in [-0.05, 0) is 39.4 Å². The monoisotopic (exact) mass is 172 g/mol. The predicted molar refractivity (Wildman–Crippen MR) is 55.3 cm³/mol. The molecule has 12 heavy (non-hydrogen) atoms. The van der Waals surface area contributed by atoms with Crippen LogP contribution < -0.4 is 5.73 Å². The maximum Gasteiger partial charge on any atom is 0.00104 e. The molecule has 0 radical (unpaired) electrons. The van der Waals surface area contributed by atoms with E-state index in [1.54, 1.807) is 0 Å². The van der Waals surface area contributed by atoms with Gasteiger partial charge in [0.15, 0.2) is 0 Å². The largest absolute Gasteiger partial charge is 0.328 e. The molecule has 0 aliphatic rings. The maximum atomic E-state index is 5.66. The van der Waals surface area contributed by atoms with Gasteiger partial charge in [-0.2, -0.15) is 0 Å². The van der Waals surface area contributed by atoms with Crippen LogP contribution in [-0.4, -0.2) is 30.6 Å². The number of hydrogen-bond acceptors (Lipinski definition) is 2. The average Bonchev–Trinajstić information content (AvgIpc) is 2.04. The van der Waals surface area contributed by atoms with Crippen LogP contribution in [-0.2, 0) is 0 Å². The summed E-state index contributed by atoms with van der Waals surface area (Å²) in [4.78, 5) is 2.46. The third-order valence-corrected chi connectivity index (χ3v) is 2.28. The minimum Gasteiger partial charge on any atom is -0.328 e. The van der Waals surface area contributed by atoms with Gasteiger partial charge >= 0.3 is 0 Å². The SMILES string of the molecule is CCN(CC)CCCCC(C)N. The highest BCUT2D eigenvalue weighted by molar-refractivity contribution is 4.56. The predicted octanol–water partition coefficient (Wildman–Crippen LogP) is 1.85. The average molecular weight is 172 g/mol. The molecule has 0 heterocycles. The van der Waals surface area contributed by atoms with Crippen molar-refractivity contribution in [2.24, 2.45) is 5.73 Å². The molecular formula is C10H24N2. The van der Waals surface area contributed by atoms with E-state index in [2.05, 4.69) is 25.7 Å². The topological polar surface area (TPSA) is 29.3 Å². The lowest BCUT2D eigenvalue weighted by molar-refractivity contribution is 0.294. The van der Waals surface area contributed by atoms with Crippen LogP contribution in [0.15, 0.2) is 0 Å². The molecule has 0 saturated heterocycles. The number of nitrogens with zero attached hydrogens (tertiary/aromatic N) is 1. The molecule has 0 rings (SSSR count). The summed E-state index contributed by atoms with van der Waals surface area (Å²) in [5, 5.41) is 0. The molecule has 0 amide bonds. The van der Waals surface area contributed by atoms with Crippen molar-refractivity contribution < 1.29 is 0 Å². The van der Waals surface area contributed by atoms with Crippen LogP contribution in [0.1, 0.15) is 40.0 Å². The first kappa shape index (κ1) is 11.9. The molecule has 0 bridgehead atoms. The van der Waals surface area contributed by atoms with Crippen LogP contribution >= 0.6 is 0 Å². The van der Waals surface area contributed by atoms with Crippen molar-refractivity contribution in [1.82, 2.24) is 4.90 Å². The first-order valence-corrected chi connectivity index (χ1v) is 5.18. The van der Waals surface area contributed by atoms with E-state index >= 15 is 0 Å². The van der Waals surface area contributed by atoms with Crippen LogP contribution in [0.4, 0.5) is 0 Å². The highest BCUT2D eigenvalue weighted by Gasteiger charge is 1.98. The lowest BCUT2D eigenvalue weighted by Gasteiger charge is -2.17. The Balaban J connectivity index is 3.17. The molecule has 0 aliphatic heterocycles. The van der Waals surface area contributed by atoms with Gasteiger partial charge < -0.3 is 10.6 Å². The van der Waals surface area contributed by atoms with Gasteiger partial charge in [0.25, 0.3) is 0 Å². The molecule has 2 N–H and O–H groups in total. The lowest BCUT2D eigenvalue weighted by atomic mass is 10.1. The summed E-state index contributed by atoms with van der Waals surface area (Å²) in [5.74, 6) is 0. The Morgan fingerprint density at radius 3 is 2.17 bits per heavy atom. The normalized spacial score (nSPS) is 13.8. The zero-order valence-electron chi connectivity index (χ0n) is 8.84. The van der Waals surface area contributed by atoms with E-state index in [1.165, 1.54) is 38.9 Å². The van der Waals surface area contributed by atoms with Crippen LogP contribution in [0.5, 0.6) is 0 Å². The highest BCUT2D eigenvalue weighted by atomic mass is 15.1. The zero-order valence-corrected chi connectivity index (χ0v) is 8.84. The second kappa shape index (κ2) is 7.56. The Morgan fingerprint density at radius 1 is 1.17 bits per heavy atom. The minimum atomic E-state index is 0.377. The summed E-state index contributed by atoms with van der Waals surface area (Å²) in [6, 6.07) is 0.377. The fourth-order valence-electron chi connectivity index (χ4n) is 1.34. The summed E-state index contributed by atoms with van der Waals surface area (Å²) in [7, 11) is 0. The molecule has 2 nitrogen and oxygen atoms in total. The van der Waals surface area contributed by atoms with Crippen LogP contribution in [0.2, 0.25) is 0 Å². The first-order valence-electron chi connectivity index (χ1n) is 5.18. The molecule has 1 unspecified atom stereocenters. The van der Waals surface area contributed by atoms with E-state index in [-0.39, 0.29) is 0 Å². The minimum absolute atomic E-state index is 0.377. The van der Waals surface area contributed by atoms with E-state index in [0.717, 1.165) is 0 Å². The molecule has 2 heteroatoms. The van der Waals surface area contributed by atoms with E-state index in [1.807, 2.05) is 0 Å². The van der Waals surface area contributed by atoms with Gasteiger partial charge in [0.2, 0.25) is 0 Å². The molecule has 0 aromatic carbocycles. The molecule has 0 fully saturated rings. The Morgan fingerprint density at radius 2 is 1.75 bits per heavy atom. The smallest absolute Gasteiger partial charge is 0.00104 e. The van der Waals surface area contributed by atoms with Gasteiger partial charge in [0.05, 0.1) is 0 Å². The third kappa shape index (κ3) is 6.62. The fraction of sp³-hybridized carbons (Fsp3) is 1.00. The number of hydrogen-bond donors (Lipinski definition) is 1. The zero-order chi connectivity index (χ0) is 9.40. The Bertz CT molecular complexity index is 87.8. The second-order valence-electron chi connectivity index (χ2n) is 3.50. The van der Waals surface area contributed by atoms with Crippen molar-refractivity contribution in [3.05, 3.63) is 0 Å². The van der Waals surface area contributed by atoms with Crippen molar-refractivity contribution in [1.29, 1.82) is 0 Å². The summed E-state index contributed by atoms with van der Waals surface area (Å²) < 4.78 is 0. The van der Waals surface area contributed by atoms with Crippen molar-refractivity contribution in [3.63, 3.8) is 0 Å². The number of rotatable bonds is 7. The quantitative estimate of drug-likeness (QED) is 0.594. The van der Waals surface area contributed by atoms with Gasteiger partial charge in [-0.15, -0.1) is 0 Å². The Kier molecular flexibility index (Phi) is 7.51. The summed E-state index contributed by atoms with van der Waals surface area (Å²) in [5.41, 5.74) is 5.66. The summed E-state index contributed by atoms with van der Waals surface area (Å²) in [6.07, 6.45) is 3.73. The molecule has 1 atom stereocenters. The maximum absolute atomic E-state index is 5.66. The van der Waals surface area contributed by atoms with Crippen molar-refractivity contribution in [3.8, 4) is 0 Å². The second-order valence-corrected chi connectivity index (χ2v) is 3.50. The first-order chi connectivity index (χ1) is 5.70. The van der Waals surface area contributed by atoms with E-state index in [0.29, 0.717) is 6.04 Å². The van der Waals surface area contributed by atoms with Crippen LogP contribution in [0, 0.1) is 0 Å². The lowest BCUT2D eigenvalue weighted by Crippen LogP contribution is -2.24. The summed E-state index contributed by atoms with van der Waals surface area (Å²) in [6.45, 7) is 10.1. The molecule has 0 aromatic heterocycles. The Hall–Kier alpha value is -0.0800. The molecule has 0 aliphatic carbocycles. The van der Waals surface area contributed by atoms with Gasteiger partial charge in [-0.25, -0.2) is 0 Å². The number of unbranched alkanes of at least 4 members (excludes halogenated alkanes) is 1. The standard InChI is InChI=1S/C10H24N2/c1-4-12(5-2)9-7-6-8-10(3)11/h10H,4-9,11H2,1-3H3. The van der Waals surface area contributed by atoms with E-state index < -0.39 is 0 Å². The summed E-state index contributed by atoms with van der Waals surface area (Å²) >= 11 is 0. The molecular weight excluding hydrogens is 148 g/mol. The highest BCUT2D eigenvalue weighted by Crippen LogP contribution is 2.00. The van der Waals surface area contributed by atoms with Crippen LogP contribution in [0.25, 0.3) is 0 Å². The fourth-order valence-corrected chi connectivity index (χ4v) is 1.34. The van der Waals surface area contributed by atoms with Gasteiger partial charge in [0, 0.05) is 6.04 Å². The number of nitrogens with two attached hydrogens (primary N) is 1. The van der Waals surface area contributed by atoms with Gasteiger partial charge in [-0.3, -0.25) is 0 Å². The Labute approximate surface area is 77.1 Å². The van der Waals surface area contributed by atoms with Crippen LogP contribution in [0.3, 0.4) is 0 Å². The van der Waals surface area contributed by atoms with Gasteiger partial charge in [-0.1, -0.05) is 20.3 Å². The van der Waals surface area contributed by atoms with E-state index in [9.17, 15) is 0 Å². The van der Waals surface area contributed by atoms with E-state index in [4.69, 9.17) is 5.73 Å². The molecule has 0 aromatic rings. The third-order valence-electron chi connectivity index (χ3n) is 2.28. The van der Waals surface area contributed by atoms with Gasteiger partial charge in [0.1, 0.15) is 0 Å². The molecule has 0 spiro atoms. The van der Waals surface area contributed by atoms with Crippen molar-refractivity contribution in [2.75, 3.05) is 19.6 Å².